The summed E-state index contributed by atoms with van der Waals surface area (Å²) in [4.78, 5) is 64.5. The molecule has 1 unspecified atom stereocenters. The number of unbranched alkanes of at least 4 members (excludes halogenated alkanes) is 3. The lowest BCUT2D eigenvalue weighted by molar-refractivity contribution is -0.384. The van der Waals surface area contributed by atoms with Crippen LogP contribution in [0.2, 0.25) is 0 Å². The van der Waals surface area contributed by atoms with Gasteiger partial charge >= 0.3 is 24.0 Å². The molecular weight excluding hydrogens is 578 g/mol. The molecule has 1 amide bonds. The van der Waals surface area contributed by atoms with Crippen molar-refractivity contribution in [3.63, 3.8) is 0 Å². The molecule has 14 nitrogen and oxygen atoms in total. The minimum atomic E-state index is -1.20. The number of hydrogen-bond donors (Lipinski definition) is 1. The maximum Gasteiger partial charge on any atom is 0.421 e. The lowest BCUT2D eigenvalue weighted by atomic mass is 9.79. The van der Waals surface area contributed by atoms with Crippen molar-refractivity contribution in [2.75, 3.05) is 33.7 Å². The van der Waals surface area contributed by atoms with Crippen molar-refractivity contribution in [2.24, 2.45) is 5.73 Å². The standard InChI is InChI=1S/C30H41N3O11/c1-19(2)44-29(36)26-21(4)32(30(37)43-18-42-24(34)13-8-6-7-9-14-31)20(3)25(28(35)41-16-15-40-5)27(26)22-11-10-12-23(17-22)33(38)39/h10-12,17,19,27H,6-9,13-16,18,31H2,1-5H3. The number of nitrogens with zero attached hydrogens (tertiary/aromatic N) is 2. The van der Waals surface area contributed by atoms with Gasteiger partial charge in [-0.15, -0.1) is 0 Å². The number of benzene rings is 1. The van der Waals surface area contributed by atoms with Gasteiger partial charge in [-0.05, 0) is 52.6 Å². The first-order valence-corrected chi connectivity index (χ1v) is 14.3. The molecule has 2 N–H and O–H groups in total. The first-order valence-electron chi connectivity index (χ1n) is 14.3. The van der Waals surface area contributed by atoms with Crippen LogP contribution in [0.5, 0.6) is 0 Å². The zero-order valence-corrected chi connectivity index (χ0v) is 25.8. The van der Waals surface area contributed by atoms with Crippen LogP contribution in [0.15, 0.2) is 46.8 Å². The van der Waals surface area contributed by atoms with Crippen LogP contribution < -0.4 is 5.73 Å². The Hall–Kier alpha value is -4.30. The Morgan fingerprint density at radius 2 is 1.61 bits per heavy atom. The van der Waals surface area contributed by atoms with E-state index in [4.69, 9.17) is 29.4 Å². The molecule has 242 valence electrons. The van der Waals surface area contributed by atoms with Crippen LogP contribution in [0.3, 0.4) is 0 Å². The molecule has 2 rings (SSSR count). The summed E-state index contributed by atoms with van der Waals surface area (Å²) < 4.78 is 26.1. The maximum absolute atomic E-state index is 13.5. The predicted molar refractivity (Wildman–Crippen MR) is 157 cm³/mol. The number of nitrogens with two attached hydrogens (primary N) is 1. The third-order valence-electron chi connectivity index (χ3n) is 6.67. The summed E-state index contributed by atoms with van der Waals surface area (Å²) in [6.45, 7) is 5.94. The molecule has 0 aliphatic carbocycles. The second kappa shape index (κ2) is 17.7. The van der Waals surface area contributed by atoms with Gasteiger partial charge in [-0.2, -0.15) is 0 Å². The van der Waals surface area contributed by atoms with Crippen molar-refractivity contribution in [3.8, 4) is 0 Å². The molecule has 1 atom stereocenters. The number of esters is 3. The summed E-state index contributed by atoms with van der Waals surface area (Å²) in [6, 6.07) is 5.45. The highest BCUT2D eigenvalue weighted by molar-refractivity contribution is 6.01. The molecule has 1 aliphatic rings. The van der Waals surface area contributed by atoms with E-state index in [0.29, 0.717) is 13.0 Å². The molecule has 0 aromatic heterocycles. The third-order valence-corrected chi connectivity index (χ3v) is 6.67. The quantitative estimate of drug-likeness (QED) is 0.0694. The van der Waals surface area contributed by atoms with Crippen LogP contribution in [0.25, 0.3) is 0 Å². The predicted octanol–water partition coefficient (Wildman–Crippen LogP) is 4.23. The van der Waals surface area contributed by atoms with Crippen LogP contribution in [-0.4, -0.2) is 73.6 Å². The largest absolute Gasteiger partial charge is 0.460 e. The first-order chi connectivity index (χ1) is 20.9. The maximum atomic E-state index is 13.5. The van der Waals surface area contributed by atoms with E-state index in [9.17, 15) is 29.3 Å². The topological polar surface area (TPSA) is 187 Å². The minimum Gasteiger partial charge on any atom is -0.460 e. The summed E-state index contributed by atoms with van der Waals surface area (Å²) in [5.41, 5.74) is 5.23. The highest BCUT2D eigenvalue weighted by Crippen LogP contribution is 2.44. The van der Waals surface area contributed by atoms with Gasteiger partial charge in [-0.25, -0.2) is 14.4 Å². The minimum absolute atomic E-state index is 0.0405. The Kier molecular flexibility index (Phi) is 14.5. The van der Waals surface area contributed by atoms with E-state index < -0.39 is 47.7 Å². The molecule has 1 heterocycles. The fraction of sp³-hybridized carbons (Fsp3) is 0.533. The number of non-ortho nitro benzene ring substituents is 1. The Labute approximate surface area is 256 Å². The van der Waals surface area contributed by atoms with Gasteiger partial charge in [-0.3, -0.25) is 19.8 Å². The van der Waals surface area contributed by atoms with Gasteiger partial charge in [0, 0.05) is 37.1 Å². The zero-order valence-electron chi connectivity index (χ0n) is 25.8. The zero-order chi connectivity index (χ0) is 32.8. The van der Waals surface area contributed by atoms with Gasteiger partial charge in [0.15, 0.2) is 0 Å². The molecule has 0 radical (unpaired) electrons. The van der Waals surface area contributed by atoms with Gasteiger partial charge in [0.1, 0.15) is 6.61 Å². The molecule has 14 heteroatoms. The highest BCUT2D eigenvalue weighted by Gasteiger charge is 2.43. The van der Waals surface area contributed by atoms with E-state index in [1.165, 1.54) is 45.2 Å². The number of carbonyl (C=O) groups excluding carboxylic acids is 4. The molecule has 1 aliphatic heterocycles. The average Bonchev–Trinajstić information content (AvgIpc) is 2.96. The van der Waals surface area contributed by atoms with Crippen LogP contribution in [0.1, 0.15) is 71.3 Å². The summed E-state index contributed by atoms with van der Waals surface area (Å²) >= 11 is 0. The lowest BCUT2D eigenvalue weighted by Crippen LogP contribution is -2.39. The highest BCUT2D eigenvalue weighted by atomic mass is 16.7. The molecule has 0 saturated heterocycles. The monoisotopic (exact) mass is 619 g/mol. The molecule has 0 saturated carbocycles. The molecule has 1 aromatic carbocycles. The van der Waals surface area contributed by atoms with Gasteiger partial charge in [0.05, 0.1) is 34.7 Å². The van der Waals surface area contributed by atoms with Crippen molar-refractivity contribution in [3.05, 3.63) is 62.5 Å². The molecule has 0 spiro atoms. The Morgan fingerprint density at radius 1 is 0.955 bits per heavy atom. The Balaban J connectivity index is 2.50. The summed E-state index contributed by atoms with van der Waals surface area (Å²) in [5.74, 6) is -3.50. The second-order valence-corrected chi connectivity index (χ2v) is 10.2. The van der Waals surface area contributed by atoms with E-state index in [1.54, 1.807) is 13.8 Å². The SMILES string of the molecule is COCCOC(=O)C1=C(C)N(C(=O)OCOC(=O)CCCCCCN)C(C)=C(C(=O)OC(C)C)C1c1cccc([N+](=O)[O-])c1. The number of nitro benzene ring substituents is 1. The fourth-order valence-corrected chi connectivity index (χ4v) is 4.63. The van der Waals surface area contributed by atoms with E-state index in [2.05, 4.69) is 0 Å². The number of hydrogen-bond acceptors (Lipinski definition) is 12. The van der Waals surface area contributed by atoms with E-state index >= 15 is 0 Å². The van der Waals surface area contributed by atoms with Crippen LogP contribution in [-0.2, 0) is 38.1 Å². The number of carbonyl (C=O) groups is 4. The molecule has 1 aromatic rings. The Bertz CT molecular complexity index is 1270. The van der Waals surface area contributed by atoms with Crippen LogP contribution >= 0.6 is 0 Å². The third kappa shape index (κ3) is 9.88. The van der Waals surface area contributed by atoms with Gasteiger partial charge in [0.2, 0.25) is 6.79 Å². The van der Waals surface area contributed by atoms with Gasteiger partial charge in [0.25, 0.3) is 5.69 Å². The number of nitro groups is 1. The smallest absolute Gasteiger partial charge is 0.421 e. The van der Waals surface area contributed by atoms with Gasteiger partial charge < -0.3 is 29.4 Å². The number of allylic oxidation sites excluding steroid dienone is 2. The molecule has 0 fully saturated rings. The summed E-state index contributed by atoms with van der Waals surface area (Å²) in [6.07, 6.45) is 1.67. The van der Waals surface area contributed by atoms with Crippen molar-refractivity contribution >= 4 is 29.7 Å². The number of amides is 1. The van der Waals surface area contributed by atoms with E-state index in [1.807, 2.05) is 0 Å². The van der Waals surface area contributed by atoms with Crippen molar-refractivity contribution in [1.82, 2.24) is 4.90 Å². The summed E-state index contributed by atoms with van der Waals surface area (Å²) in [7, 11) is 1.42. The molecule has 0 bridgehead atoms. The lowest BCUT2D eigenvalue weighted by Gasteiger charge is -2.36. The van der Waals surface area contributed by atoms with E-state index in [0.717, 1.165) is 24.2 Å². The number of rotatable bonds is 16. The van der Waals surface area contributed by atoms with Crippen LogP contribution in [0, 0.1) is 10.1 Å². The molecular formula is C30H41N3O11. The number of ether oxygens (including phenoxy) is 5. The summed E-state index contributed by atoms with van der Waals surface area (Å²) in [5, 5.41) is 11.6. The van der Waals surface area contributed by atoms with E-state index in [-0.39, 0.29) is 53.4 Å². The average molecular weight is 620 g/mol. The molecule has 44 heavy (non-hydrogen) atoms. The van der Waals surface area contributed by atoms with Crippen molar-refractivity contribution in [2.45, 2.75) is 71.8 Å². The van der Waals surface area contributed by atoms with Crippen molar-refractivity contribution in [1.29, 1.82) is 0 Å². The first kappa shape index (κ1) is 35.9. The fourth-order valence-electron chi connectivity index (χ4n) is 4.63. The Morgan fingerprint density at radius 3 is 2.23 bits per heavy atom. The second-order valence-electron chi connectivity index (χ2n) is 10.2. The van der Waals surface area contributed by atoms with Crippen LogP contribution in [0.4, 0.5) is 10.5 Å². The van der Waals surface area contributed by atoms with Crippen molar-refractivity contribution < 1.29 is 47.8 Å². The number of methoxy groups -OCH3 is 1. The van der Waals surface area contributed by atoms with Gasteiger partial charge in [-0.1, -0.05) is 25.0 Å². The normalized spacial score (nSPS) is 14.9.